The highest BCUT2D eigenvalue weighted by Crippen LogP contribution is 2.21. The summed E-state index contributed by atoms with van der Waals surface area (Å²) in [5, 5.41) is 3.58. The van der Waals surface area contributed by atoms with Crippen molar-refractivity contribution in [3.63, 3.8) is 0 Å². The lowest BCUT2D eigenvalue weighted by atomic mass is 9.95. The molecule has 106 valence electrons. The molecule has 2 heteroatoms. The molecular weight excluding hydrogens is 222 g/mol. The average Bonchev–Trinajstić information content (AvgIpc) is 2.23. The molecule has 2 nitrogen and oxygen atoms in total. The molecular formula is C16H31NO. The number of likely N-dealkylation sites (N-methyl/N-ethyl adjacent to an activating group) is 1. The number of ether oxygens (including phenoxy) is 1. The molecule has 0 bridgehead atoms. The second-order valence-corrected chi connectivity index (χ2v) is 6.27. The van der Waals surface area contributed by atoms with Gasteiger partial charge in [-0.15, -0.1) is 0 Å². The minimum atomic E-state index is -0.0458. The van der Waals surface area contributed by atoms with E-state index in [0.29, 0.717) is 6.04 Å². The van der Waals surface area contributed by atoms with E-state index in [0.717, 1.165) is 13.2 Å². The Balaban J connectivity index is 2.57. The normalized spacial score (nSPS) is 19.9. The van der Waals surface area contributed by atoms with Gasteiger partial charge in [0.1, 0.15) is 0 Å². The average molecular weight is 253 g/mol. The van der Waals surface area contributed by atoms with Gasteiger partial charge in [-0.05, 0) is 53.0 Å². The largest absolute Gasteiger partial charge is 0.374 e. The summed E-state index contributed by atoms with van der Waals surface area (Å²) in [5.41, 5.74) is 1.52. The molecule has 0 saturated heterocycles. The summed E-state index contributed by atoms with van der Waals surface area (Å²) in [6.45, 7) is 10.4. The molecule has 1 aliphatic rings. The van der Waals surface area contributed by atoms with Crippen molar-refractivity contribution in [2.45, 2.75) is 77.9 Å². The zero-order valence-electron chi connectivity index (χ0n) is 12.7. The zero-order chi connectivity index (χ0) is 13.4. The third-order valence-corrected chi connectivity index (χ3v) is 3.41. The smallest absolute Gasteiger partial charge is 0.0665 e. The number of hydrogen-bond acceptors (Lipinski definition) is 2. The molecule has 0 aromatic heterocycles. The monoisotopic (exact) mass is 253 g/mol. The Morgan fingerprint density at radius 3 is 2.61 bits per heavy atom. The molecule has 0 spiro atoms. The minimum absolute atomic E-state index is 0.0458. The van der Waals surface area contributed by atoms with Crippen LogP contribution in [0.3, 0.4) is 0 Å². The van der Waals surface area contributed by atoms with Gasteiger partial charge < -0.3 is 10.1 Å². The Labute approximate surface area is 113 Å². The van der Waals surface area contributed by atoms with Gasteiger partial charge in [0, 0.05) is 0 Å². The maximum absolute atomic E-state index is 5.97. The van der Waals surface area contributed by atoms with Gasteiger partial charge in [-0.1, -0.05) is 31.4 Å². The standard InChI is InChI=1S/C16H31NO/c1-5-17-15(13-18-16(2,3)4)14-11-9-7-6-8-10-12-14/h11,15,17H,5-10,12-13H2,1-4H3. The lowest BCUT2D eigenvalue weighted by Crippen LogP contribution is -2.38. The molecule has 1 aliphatic carbocycles. The van der Waals surface area contributed by atoms with Crippen molar-refractivity contribution in [3.8, 4) is 0 Å². The molecule has 0 saturated carbocycles. The first-order valence-electron chi connectivity index (χ1n) is 7.59. The van der Waals surface area contributed by atoms with Crippen molar-refractivity contribution in [3.05, 3.63) is 11.6 Å². The topological polar surface area (TPSA) is 21.3 Å². The molecule has 0 aromatic rings. The van der Waals surface area contributed by atoms with Crippen molar-refractivity contribution in [1.82, 2.24) is 5.32 Å². The van der Waals surface area contributed by atoms with Crippen LogP contribution >= 0.6 is 0 Å². The summed E-state index contributed by atoms with van der Waals surface area (Å²) in [5.74, 6) is 0. The molecule has 0 fully saturated rings. The molecule has 1 N–H and O–H groups in total. The first-order chi connectivity index (χ1) is 8.53. The van der Waals surface area contributed by atoms with E-state index in [2.05, 4.69) is 39.1 Å². The first kappa shape index (κ1) is 15.7. The fourth-order valence-corrected chi connectivity index (χ4v) is 2.41. The Morgan fingerprint density at radius 1 is 1.22 bits per heavy atom. The summed E-state index contributed by atoms with van der Waals surface area (Å²) in [7, 11) is 0. The van der Waals surface area contributed by atoms with Crippen LogP contribution in [0.2, 0.25) is 0 Å². The SMILES string of the molecule is CCNC(COC(C)(C)C)C1=CCCCCCC1. The van der Waals surface area contributed by atoms with E-state index in [-0.39, 0.29) is 5.60 Å². The van der Waals surface area contributed by atoms with E-state index in [9.17, 15) is 0 Å². The predicted octanol–water partition coefficient (Wildman–Crippen LogP) is 4.06. The number of hydrogen-bond donors (Lipinski definition) is 1. The van der Waals surface area contributed by atoms with Crippen molar-refractivity contribution in [2.24, 2.45) is 0 Å². The number of rotatable bonds is 5. The molecule has 0 amide bonds. The van der Waals surface area contributed by atoms with Crippen LogP contribution in [-0.2, 0) is 4.74 Å². The van der Waals surface area contributed by atoms with Gasteiger partial charge >= 0.3 is 0 Å². The molecule has 1 atom stereocenters. The van der Waals surface area contributed by atoms with Crippen LogP contribution in [-0.4, -0.2) is 24.8 Å². The maximum Gasteiger partial charge on any atom is 0.0665 e. The van der Waals surface area contributed by atoms with Gasteiger partial charge in [-0.3, -0.25) is 0 Å². The molecule has 0 radical (unpaired) electrons. The predicted molar refractivity (Wildman–Crippen MR) is 79.0 cm³/mol. The Bertz CT molecular complexity index is 252. The maximum atomic E-state index is 5.97. The molecule has 18 heavy (non-hydrogen) atoms. The fourth-order valence-electron chi connectivity index (χ4n) is 2.41. The highest BCUT2D eigenvalue weighted by molar-refractivity contribution is 5.12. The Hall–Kier alpha value is -0.340. The number of allylic oxidation sites excluding steroid dienone is 1. The third kappa shape index (κ3) is 6.55. The molecule has 0 aliphatic heterocycles. The number of nitrogens with one attached hydrogen (secondary N) is 1. The van der Waals surface area contributed by atoms with Crippen LogP contribution < -0.4 is 5.32 Å². The second-order valence-electron chi connectivity index (χ2n) is 6.27. The Morgan fingerprint density at radius 2 is 1.94 bits per heavy atom. The summed E-state index contributed by atoms with van der Waals surface area (Å²) >= 11 is 0. The lowest BCUT2D eigenvalue weighted by Gasteiger charge is -2.27. The fraction of sp³-hybridized carbons (Fsp3) is 0.875. The van der Waals surface area contributed by atoms with E-state index in [1.54, 1.807) is 5.57 Å². The van der Waals surface area contributed by atoms with Gasteiger partial charge in [-0.2, -0.15) is 0 Å². The van der Waals surface area contributed by atoms with Gasteiger partial charge in [0.15, 0.2) is 0 Å². The minimum Gasteiger partial charge on any atom is -0.374 e. The van der Waals surface area contributed by atoms with Crippen LogP contribution in [0.25, 0.3) is 0 Å². The van der Waals surface area contributed by atoms with Crippen LogP contribution in [0.4, 0.5) is 0 Å². The summed E-state index contributed by atoms with van der Waals surface area (Å²) < 4.78 is 5.97. The van der Waals surface area contributed by atoms with E-state index in [1.165, 1.54) is 38.5 Å². The summed E-state index contributed by atoms with van der Waals surface area (Å²) in [6.07, 6.45) is 10.4. The van der Waals surface area contributed by atoms with Crippen LogP contribution in [0.5, 0.6) is 0 Å². The first-order valence-corrected chi connectivity index (χ1v) is 7.59. The van der Waals surface area contributed by atoms with Gasteiger partial charge in [-0.25, -0.2) is 0 Å². The van der Waals surface area contributed by atoms with E-state index in [1.807, 2.05) is 0 Å². The van der Waals surface area contributed by atoms with Gasteiger partial charge in [0.05, 0.1) is 18.2 Å². The van der Waals surface area contributed by atoms with E-state index in [4.69, 9.17) is 4.74 Å². The van der Waals surface area contributed by atoms with Gasteiger partial charge in [0.25, 0.3) is 0 Å². The molecule has 0 aromatic carbocycles. The Kier molecular flexibility index (Phi) is 6.95. The van der Waals surface area contributed by atoms with Crippen LogP contribution in [0, 0.1) is 0 Å². The van der Waals surface area contributed by atoms with Crippen LogP contribution in [0.1, 0.15) is 66.2 Å². The summed E-state index contributed by atoms with van der Waals surface area (Å²) in [4.78, 5) is 0. The summed E-state index contributed by atoms with van der Waals surface area (Å²) in [6, 6.07) is 0.410. The van der Waals surface area contributed by atoms with E-state index >= 15 is 0 Å². The highest BCUT2D eigenvalue weighted by Gasteiger charge is 2.18. The van der Waals surface area contributed by atoms with Crippen LogP contribution in [0.15, 0.2) is 11.6 Å². The molecule has 0 heterocycles. The van der Waals surface area contributed by atoms with Crippen molar-refractivity contribution in [2.75, 3.05) is 13.2 Å². The molecule has 1 rings (SSSR count). The molecule has 1 unspecified atom stereocenters. The highest BCUT2D eigenvalue weighted by atomic mass is 16.5. The van der Waals surface area contributed by atoms with Gasteiger partial charge in [0.2, 0.25) is 0 Å². The van der Waals surface area contributed by atoms with Crippen molar-refractivity contribution in [1.29, 1.82) is 0 Å². The lowest BCUT2D eigenvalue weighted by molar-refractivity contribution is -0.0104. The zero-order valence-corrected chi connectivity index (χ0v) is 12.7. The third-order valence-electron chi connectivity index (χ3n) is 3.41. The second kappa shape index (κ2) is 7.96. The van der Waals surface area contributed by atoms with E-state index < -0.39 is 0 Å². The van der Waals surface area contributed by atoms with Crippen molar-refractivity contribution < 1.29 is 4.74 Å². The van der Waals surface area contributed by atoms with Crippen molar-refractivity contribution >= 4 is 0 Å². The quantitative estimate of drug-likeness (QED) is 0.746.